The van der Waals surface area contributed by atoms with E-state index in [0.717, 1.165) is 42.9 Å². The van der Waals surface area contributed by atoms with Crippen LogP contribution in [0, 0.1) is 0 Å². The second-order valence-corrected chi connectivity index (χ2v) is 4.72. The van der Waals surface area contributed by atoms with Crippen molar-refractivity contribution in [2.75, 3.05) is 19.7 Å². The van der Waals surface area contributed by atoms with Gasteiger partial charge >= 0.3 is 0 Å². The van der Waals surface area contributed by atoms with E-state index < -0.39 is 0 Å². The number of fused-ring (bicyclic) bond motifs is 1. The van der Waals surface area contributed by atoms with Gasteiger partial charge in [-0.1, -0.05) is 0 Å². The summed E-state index contributed by atoms with van der Waals surface area (Å²) < 4.78 is 5.43. The number of benzene rings is 1. The number of amides is 1. The third-order valence-corrected chi connectivity index (χ3v) is 3.45. The molecule has 0 unspecified atom stereocenters. The molecular weight excluding hydrogens is 216 g/mol. The van der Waals surface area contributed by atoms with Crippen molar-refractivity contribution in [1.29, 1.82) is 0 Å². The van der Waals surface area contributed by atoms with Crippen LogP contribution in [0.15, 0.2) is 18.2 Å². The highest BCUT2D eigenvalue weighted by Gasteiger charge is 2.25. The van der Waals surface area contributed by atoms with Gasteiger partial charge < -0.3 is 15.4 Å². The molecule has 2 N–H and O–H groups in total. The van der Waals surface area contributed by atoms with Gasteiger partial charge in [-0.2, -0.15) is 0 Å². The van der Waals surface area contributed by atoms with Crippen molar-refractivity contribution in [2.24, 2.45) is 5.73 Å². The van der Waals surface area contributed by atoms with E-state index in [2.05, 4.69) is 0 Å². The first-order valence-electron chi connectivity index (χ1n) is 6.04. The van der Waals surface area contributed by atoms with Crippen molar-refractivity contribution in [2.45, 2.75) is 18.9 Å². The molecule has 1 fully saturated rings. The molecule has 2 aliphatic heterocycles. The topological polar surface area (TPSA) is 55.6 Å². The Labute approximate surface area is 100 Å². The zero-order valence-electron chi connectivity index (χ0n) is 9.69. The van der Waals surface area contributed by atoms with E-state index >= 15 is 0 Å². The van der Waals surface area contributed by atoms with Crippen molar-refractivity contribution in [3.8, 4) is 5.75 Å². The van der Waals surface area contributed by atoms with Gasteiger partial charge in [0.05, 0.1) is 6.61 Å². The van der Waals surface area contributed by atoms with Crippen molar-refractivity contribution in [3.63, 3.8) is 0 Å². The third kappa shape index (κ3) is 1.89. The minimum atomic E-state index is 0.0904. The van der Waals surface area contributed by atoms with Crippen LogP contribution in [0.5, 0.6) is 5.75 Å². The minimum absolute atomic E-state index is 0.0904. The smallest absolute Gasteiger partial charge is 0.253 e. The Morgan fingerprint density at radius 1 is 1.47 bits per heavy atom. The van der Waals surface area contributed by atoms with E-state index in [1.165, 1.54) is 0 Å². The van der Waals surface area contributed by atoms with Crippen LogP contribution in [-0.4, -0.2) is 36.5 Å². The van der Waals surface area contributed by atoms with Crippen LogP contribution < -0.4 is 10.5 Å². The Hall–Kier alpha value is -1.55. The highest BCUT2D eigenvalue weighted by molar-refractivity contribution is 5.94. The minimum Gasteiger partial charge on any atom is -0.493 e. The van der Waals surface area contributed by atoms with E-state index in [1.807, 2.05) is 23.1 Å². The highest BCUT2D eigenvalue weighted by Crippen LogP contribution is 2.26. The second-order valence-electron chi connectivity index (χ2n) is 4.72. The Morgan fingerprint density at radius 2 is 2.35 bits per heavy atom. The van der Waals surface area contributed by atoms with Crippen molar-refractivity contribution in [1.82, 2.24) is 4.90 Å². The molecule has 3 rings (SSSR count). The van der Waals surface area contributed by atoms with Crippen LogP contribution in [0.1, 0.15) is 22.3 Å². The predicted molar refractivity (Wildman–Crippen MR) is 64.1 cm³/mol. The summed E-state index contributed by atoms with van der Waals surface area (Å²) in [5.74, 6) is 1.01. The van der Waals surface area contributed by atoms with Crippen LogP contribution >= 0.6 is 0 Å². The molecule has 1 atom stereocenters. The Kier molecular flexibility index (Phi) is 2.52. The second kappa shape index (κ2) is 4.04. The van der Waals surface area contributed by atoms with Gasteiger partial charge in [0.25, 0.3) is 5.91 Å². The standard InChI is InChI=1S/C13H16N2O2/c14-11-3-5-15(8-11)13(16)10-1-2-12-9(7-10)4-6-17-12/h1-2,7,11H,3-6,8,14H2/t11-/m1/s1. The average Bonchev–Trinajstić information content (AvgIpc) is 2.95. The fourth-order valence-electron chi connectivity index (χ4n) is 2.47. The number of hydrogen-bond acceptors (Lipinski definition) is 3. The molecule has 0 spiro atoms. The molecule has 1 aromatic carbocycles. The van der Waals surface area contributed by atoms with Crippen LogP contribution in [0.2, 0.25) is 0 Å². The van der Waals surface area contributed by atoms with Crippen molar-refractivity contribution < 1.29 is 9.53 Å². The lowest BCUT2D eigenvalue weighted by Gasteiger charge is -2.16. The van der Waals surface area contributed by atoms with E-state index in [9.17, 15) is 4.79 Å². The van der Waals surface area contributed by atoms with Crippen LogP contribution in [-0.2, 0) is 6.42 Å². The van der Waals surface area contributed by atoms with Gasteiger partial charge in [0.2, 0.25) is 0 Å². The summed E-state index contributed by atoms with van der Waals surface area (Å²) in [4.78, 5) is 14.1. The molecule has 1 aromatic rings. The van der Waals surface area contributed by atoms with Crippen LogP contribution in [0.3, 0.4) is 0 Å². The lowest BCUT2D eigenvalue weighted by Crippen LogP contribution is -2.31. The lowest BCUT2D eigenvalue weighted by atomic mass is 10.1. The number of ether oxygens (including phenoxy) is 1. The van der Waals surface area contributed by atoms with E-state index in [4.69, 9.17) is 10.5 Å². The molecule has 4 nitrogen and oxygen atoms in total. The third-order valence-electron chi connectivity index (χ3n) is 3.45. The van der Waals surface area contributed by atoms with Gasteiger partial charge in [-0.3, -0.25) is 4.79 Å². The SMILES string of the molecule is N[C@@H]1CCN(C(=O)c2ccc3c(c2)CCO3)C1. The largest absolute Gasteiger partial charge is 0.493 e. The first-order valence-corrected chi connectivity index (χ1v) is 6.04. The van der Waals surface area contributed by atoms with Gasteiger partial charge in [-0.25, -0.2) is 0 Å². The number of nitrogens with two attached hydrogens (primary N) is 1. The first-order chi connectivity index (χ1) is 8.24. The summed E-state index contributed by atoms with van der Waals surface area (Å²) in [7, 11) is 0. The van der Waals surface area contributed by atoms with Gasteiger partial charge in [0.1, 0.15) is 5.75 Å². The summed E-state index contributed by atoms with van der Waals surface area (Å²) >= 11 is 0. The van der Waals surface area contributed by atoms with E-state index in [-0.39, 0.29) is 11.9 Å². The maximum atomic E-state index is 12.2. The van der Waals surface area contributed by atoms with Crippen LogP contribution in [0.25, 0.3) is 0 Å². The molecule has 1 amide bonds. The molecular formula is C13H16N2O2. The number of rotatable bonds is 1. The van der Waals surface area contributed by atoms with Gasteiger partial charge in [-0.15, -0.1) is 0 Å². The number of carbonyl (C=O) groups excluding carboxylic acids is 1. The molecule has 90 valence electrons. The normalized spacial score (nSPS) is 22.4. The molecule has 17 heavy (non-hydrogen) atoms. The molecule has 1 saturated heterocycles. The molecule has 0 aliphatic carbocycles. The maximum Gasteiger partial charge on any atom is 0.253 e. The first kappa shape index (κ1) is 10.6. The summed E-state index contributed by atoms with van der Waals surface area (Å²) in [6, 6.07) is 5.83. The molecule has 2 aliphatic rings. The van der Waals surface area contributed by atoms with Crippen LogP contribution in [0.4, 0.5) is 0 Å². The number of nitrogens with zero attached hydrogens (tertiary/aromatic N) is 1. The Balaban J connectivity index is 1.82. The lowest BCUT2D eigenvalue weighted by molar-refractivity contribution is 0.0791. The summed E-state index contributed by atoms with van der Waals surface area (Å²) in [5, 5.41) is 0. The van der Waals surface area contributed by atoms with E-state index in [1.54, 1.807) is 0 Å². The Morgan fingerprint density at radius 3 is 3.12 bits per heavy atom. The number of carbonyl (C=O) groups is 1. The molecule has 0 aromatic heterocycles. The summed E-state index contributed by atoms with van der Waals surface area (Å²) in [5.41, 5.74) is 7.71. The maximum absolute atomic E-state index is 12.2. The molecule has 0 saturated carbocycles. The zero-order chi connectivity index (χ0) is 11.8. The van der Waals surface area contributed by atoms with Crippen molar-refractivity contribution in [3.05, 3.63) is 29.3 Å². The Bertz CT molecular complexity index is 459. The summed E-state index contributed by atoms with van der Waals surface area (Å²) in [6.45, 7) is 2.17. The van der Waals surface area contributed by atoms with Gasteiger partial charge in [0, 0.05) is 31.1 Å². The molecule has 0 bridgehead atoms. The number of likely N-dealkylation sites (tertiary alicyclic amines) is 1. The number of hydrogen-bond donors (Lipinski definition) is 1. The van der Waals surface area contributed by atoms with Gasteiger partial charge in [-0.05, 0) is 30.2 Å². The monoisotopic (exact) mass is 232 g/mol. The zero-order valence-corrected chi connectivity index (χ0v) is 9.69. The molecule has 0 radical (unpaired) electrons. The average molecular weight is 232 g/mol. The predicted octanol–water partition coefficient (Wildman–Crippen LogP) is 0.795. The highest BCUT2D eigenvalue weighted by atomic mass is 16.5. The fraction of sp³-hybridized carbons (Fsp3) is 0.462. The summed E-state index contributed by atoms with van der Waals surface area (Å²) in [6.07, 6.45) is 1.80. The molecule has 2 heterocycles. The van der Waals surface area contributed by atoms with Gasteiger partial charge in [0.15, 0.2) is 0 Å². The van der Waals surface area contributed by atoms with E-state index in [0.29, 0.717) is 6.54 Å². The van der Waals surface area contributed by atoms with Crippen molar-refractivity contribution >= 4 is 5.91 Å². The molecule has 4 heteroatoms. The fourth-order valence-corrected chi connectivity index (χ4v) is 2.47. The quantitative estimate of drug-likeness (QED) is 0.779.